The first-order valence-corrected chi connectivity index (χ1v) is 8.25. The van der Waals surface area contributed by atoms with Gasteiger partial charge in [-0.2, -0.15) is 0 Å². The van der Waals surface area contributed by atoms with Gasteiger partial charge in [0.1, 0.15) is 5.75 Å². The van der Waals surface area contributed by atoms with Crippen molar-refractivity contribution in [3.8, 4) is 5.75 Å². The van der Waals surface area contributed by atoms with Gasteiger partial charge in [0.05, 0.1) is 37.6 Å². The number of amides is 1. The summed E-state index contributed by atoms with van der Waals surface area (Å²) in [7, 11) is 0. The van der Waals surface area contributed by atoms with Gasteiger partial charge in [-0.3, -0.25) is 4.79 Å². The Morgan fingerprint density at radius 3 is 2.46 bits per heavy atom. The zero-order chi connectivity index (χ0) is 18.7. The lowest BCUT2D eigenvalue weighted by atomic mass is 10.2. The average molecular weight is 366 g/mol. The monoisotopic (exact) mass is 366 g/mol. The van der Waals surface area contributed by atoms with E-state index in [1.165, 1.54) is 0 Å². The second kappa shape index (κ2) is 7.65. The Labute approximate surface area is 148 Å². The van der Waals surface area contributed by atoms with Gasteiger partial charge in [-0.1, -0.05) is 12.1 Å². The number of para-hydroxylation sites is 2. The van der Waals surface area contributed by atoms with Crippen LogP contribution < -0.4 is 15.1 Å². The minimum Gasteiger partial charge on any atom is -0.506 e. The van der Waals surface area contributed by atoms with Crippen LogP contribution >= 0.6 is 0 Å². The molecule has 0 radical (unpaired) electrons. The fraction of sp³-hybridized carbons (Fsp3) is 0.278. The largest absolute Gasteiger partial charge is 0.506 e. The van der Waals surface area contributed by atoms with Crippen LogP contribution in [0.2, 0.25) is 0 Å². The van der Waals surface area contributed by atoms with Crippen LogP contribution in [0, 0.1) is 17.5 Å². The zero-order valence-corrected chi connectivity index (χ0v) is 13.9. The first-order valence-electron chi connectivity index (χ1n) is 8.25. The highest BCUT2D eigenvalue weighted by molar-refractivity contribution is 5.91. The van der Waals surface area contributed by atoms with Crippen LogP contribution in [0.25, 0.3) is 0 Å². The predicted octanol–water partition coefficient (Wildman–Crippen LogP) is 1.15. The van der Waals surface area contributed by atoms with Crippen LogP contribution in [0.4, 0.5) is 24.5 Å². The molecule has 2 aromatic rings. The molecule has 0 spiro atoms. The normalized spacial score (nSPS) is 15.1. The summed E-state index contributed by atoms with van der Waals surface area (Å²) in [6.07, 6.45) is 0. The van der Waals surface area contributed by atoms with Crippen molar-refractivity contribution in [2.45, 2.75) is 0 Å². The molecule has 3 rings (SSSR count). The number of phenolic OH excluding ortho intramolecular Hbond substituents is 1. The summed E-state index contributed by atoms with van der Waals surface area (Å²) in [5.74, 6) is -4.57. The smallest absolute Gasteiger partial charge is 0.279 e. The zero-order valence-electron chi connectivity index (χ0n) is 13.9. The maximum Gasteiger partial charge on any atom is 0.279 e. The molecule has 0 bridgehead atoms. The minimum absolute atomic E-state index is 0.0903. The molecule has 0 atom stereocenters. The van der Waals surface area contributed by atoms with E-state index in [1.54, 1.807) is 12.1 Å². The summed E-state index contributed by atoms with van der Waals surface area (Å²) >= 11 is 0. The second-order valence-electron chi connectivity index (χ2n) is 6.17. The number of nitrogens with one attached hydrogen (secondary N) is 2. The van der Waals surface area contributed by atoms with Crippen molar-refractivity contribution in [3.05, 3.63) is 53.8 Å². The Morgan fingerprint density at radius 2 is 1.77 bits per heavy atom. The van der Waals surface area contributed by atoms with Gasteiger partial charge in [-0.15, -0.1) is 0 Å². The Morgan fingerprint density at radius 1 is 1.08 bits per heavy atom. The molecule has 1 amide bonds. The van der Waals surface area contributed by atoms with Gasteiger partial charge in [-0.05, 0) is 24.3 Å². The summed E-state index contributed by atoms with van der Waals surface area (Å²) in [5.41, 5.74) is 0.376. The number of phenols is 1. The molecule has 5 nitrogen and oxygen atoms in total. The molecule has 0 aromatic heterocycles. The number of hydrogen-bond donors (Lipinski definition) is 3. The molecule has 1 aliphatic heterocycles. The Kier molecular flexibility index (Phi) is 5.32. The van der Waals surface area contributed by atoms with Crippen LogP contribution in [0.1, 0.15) is 0 Å². The number of benzene rings is 2. The summed E-state index contributed by atoms with van der Waals surface area (Å²) in [6.45, 7) is 2.70. The van der Waals surface area contributed by atoms with Gasteiger partial charge < -0.3 is 20.2 Å². The van der Waals surface area contributed by atoms with E-state index < -0.39 is 23.4 Å². The Bertz CT molecular complexity index is 808. The molecule has 1 fully saturated rings. The first kappa shape index (κ1) is 18.1. The third kappa shape index (κ3) is 3.91. The van der Waals surface area contributed by atoms with E-state index in [0.717, 1.165) is 22.7 Å². The summed E-state index contributed by atoms with van der Waals surface area (Å²) in [6, 6.07) is 8.82. The second-order valence-corrected chi connectivity index (χ2v) is 6.17. The van der Waals surface area contributed by atoms with Crippen LogP contribution in [-0.2, 0) is 4.79 Å². The van der Waals surface area contributed by atoms with Crippen molar-refractivity contribution in [1.82, 2.24) is 0 Å². The molecule has 0 saturated carbocycles. The third-order valence-electron chi connectivity index (χ3n) is 4.41. The minimum atomic E-state index is -1.61. The van der Waals surface area contributed by atoms with Crippen LogP contribution in [-0.4, -0.2) is 43.7 Å². The maximum absolute atomic E-state index is 13.6. The van der Waals surface area contributed by atoms with E-state index in [0.29, 0.717) is 26.2 Å². The SMILES string of the molecule is O=C(C[NH+]1CCN(c2ccccc2O)CC1)Nc1ccc(F)c(F)c1F. The number of carbonyl (C=O) groups is 1. The number of rotatable bonds is 4. The van der Waals surface area contributed by atoms with Gasteiger partial charge in [0.2, 0.25) is 0 Å². The molecule has 1 heterocycles. The fourth-order valence-corrected chi connectivity index (χ4v) is 3.02. The number of piperazine rings is 1. The van der Waals surface area contributed by atoms with Gasteiger partial charge in [0, 0.05) is 0 Å². The molecular weight excluding hydrogens is 347 g/mol. The molecular formula is C18H19F3N3O2+. The fourth-order valence-electron chi connectivity index (χ4n) is 3.02. The summed E-state index contributed by atoms with van der Waals surface area (Å²) in [5, 5.41) is 12.2. The molecule has 1 saturated heterocycles. The molecule has 26 heavy (non-hydrogen) atoms. The van der Waals surface area contributed by atoms with Crippen molar-refractivity contribution in [1.29, 1.82) is 0 Å². The lowest BCUT2D eigenvalue weighted by Gasteiger charge is -2.33. The van der Waals surface area contributed by atoms with E-state index in [9.17, 15) is 23.1 Å². The van der Waals surface area contributed by atoms with E-state index in [1.807, 2.05) is 17.0 Å². The number of nitrogens with zero attached hydrogens (tertiary/aromatic N) is 1. The molecule has 0 unspecified atom stereocenters. The molecule has 1 aliphatic rings. The first-order chi connectivity index (χ1) is 12.5. The highest BCUT2D eigenvalue weighted by atomic mass is 19.2. The lowest BCUT2D eigenvalue weighted by Crippen LogP contribution is -3.15. The summed E-state index contributed by atoms with van der Waals surface area (Å²) in [4.78, 5) is 15.1. The van der Waals surface area contributed by atoms with Crippen molar-refractivity contribution in [3.63, 3.8) is 0 Å². The van der Waals surface area contributed by atoms with Crippen molar-refractivity contribution < 1.29 is 28.0 Å². The van der Waals surface area contributed by atoms with Gasteiger partial charge in [0.25, 0.3) is 5.91 Å². The van der Waals surface area contributed by atoms with Crippen molar-refractivity contribution in [2.75, 3.05) is 42.9 Å². The predicted molar refractivity (Wildman–Crippen MR) is 90.8 cm³/mol. The Balaban J connectivity index is 1.54. The van der Waals surface area contributed by atoms with Crippen LogP contribution in [0.5, 0.6) is 5.75 Å². The van der Waals surface area contributed by atoms with Crippen LogP contribution in [0.15, 0.2) is 36.4 Å². The van der Waals surface area contributed by atoms with Gasteiger partial charge in [0.15, 0.2) is 24.0 Å². The topological polar surface area (TPSA) is 57.0 Å². The van der Waals surface area contributed by atoms with Crippen molar-refractivity contribution in [2.24, 2.45) is 0 Å². The van der Waals surface area contributed by atoms with E-state index in [4.69, 9.17) is 0 Å². The number of halogens is 3. The molecule has 8 heteroatoms. The van der Waals surface area contributed by atoms with Gasteiger partial charge in [-0.25, -0.2) is 13.2 Å². The van der Waals surface area contributed by atoms with E-state index >= 15 is 0 Å². The molecule has 2 aromatic carbocycles. The molecule has 0 aliphatic carbocycles. The Hall–Kier alpha value is -2.74. The average Bonchev–Trinajstić information content (AvgIpc) is 2.63. The third-order valence-corrected chi connectivity index (χ3v) is 4.41. The van der Waals surface area contributed by atoms with Crippen molar-refractivity contribution >= 4 is 17.3 Å². The number of anilines is 2. The number of quaternary nitrogens is 1. The summed E-state index contributed by atoms with van der Waals surface area (Å²) < 4.78 is 39.7. The number of carbonyl (C=O) groups excluding carboxylic acids is 1. The van der Waals surface area contributed by atoms with Crippen LogP contribution in [0.3, 0.4) is 0 Å². The lowest BCUT2D eigenvalue weighted by molar-refractivity contribution is -0.892. The standard InChI is InChI=1S/C18H18F3N3O2/c19-12-5-6-13(18(21)17(12)20)22-16(26)11-23-7-9-24(10-8-23)14-3-1-2-4-15(14)25/h1-6,25H,7-11H2,(H,22,26)/p+1. The quantitative estimate of drug-likeness (QED) is 0.712. The highest BCUT2D eigenvalue weighted by Crippen LogP contribution is 2.26. The maximum atomic E-state index is 13.6. The molecule has 3 N–H and O–H groups in total. The number of aromatic hydroxyl groups is 1. The van der Waals surface area contributed by atoms with Gasteiger partial charge >= 0.3 is 0 Å². The van der Waals surface area contributed by atoms with E-state index in [2.05, 4.69) is 5.32 Å². The molecule has 138 valence electrons. The highest BCUT2D eigenvalue weighted by Gasteiger charge is 2.24. The van der Waals surface area contributed by atoms with E-state index in [-0.39, 0.29) is 18.0 Å². The number of hydrogen-bond acceptors (Lipinski definition) is 3.